The summed E-state index contributed by atoms with van der Waals surface area (Å²) < 4.78 is 13.3. The molecular formula is C44H32Br2O2. The summed E-state index contributed by atoms with van der Waals surface area (Å²) in [4.78, 5) is 0. The molecule has 0 radical (unpaired) electrons. The molecule has 0 amide bonds. The second kappa shape index (κ2) is 14.1. The van der Waals surface area contributed by atoms with Crippen molar-refractivity contribution in [2.75, 3.05) is 14.2 Å². The summed E-state index contributed by atoms with van der Waals surface area (Å²) in [5.74, 6) is 1.63. The lowest BCUT2D eigenvalue weighted by Gasteiger charge is -2.29. The first-order valence-corrected chi connectivity index (χ1v) is 17.3. The van der Waals surface area contributed by atoms with Gasteiger partial charge < -0.3 is 9.47 Å². The van der Waals surface area contributed by atoms with Gasteiger partial charge in [0.25, 0.3) is 0 Å². The molecular weight excluding hydrogens is 720 g/mol. The number of methoxy groups -OCH3 is 2. The van der Waals surface area contributed by atoms with E-state index < -0.39 is 0 Å². The first kappa shape index (κ1) is 31.7. The molecule has 2 nitrogen and oxygen atoms in total. The lowest BCUT2D eigenvalue weighted by atomic mass is 9.74. The van der Waals surface area contributed by atoms with Gasteiger partial charge in [0, 0.05) is 8.95 Å². The van der Waals surface area contributed by atoms with Gasteiger partial charge in [-0.3, -0.25) is 0 Å². The van der Waals surface area contributed by atoms with Crippen molar-refractivity contribution in [3.05, 3.63) is 167 Å². The van der Waals surface area contributed by atoms with Crippen molar-refractivity contribution < 1.29 is 9.47 Å². The Balaban J connectivity index is 1.78. The van der Waals surface area contributed by atoms with E-state index in [1.54, 1.807) is 14.2 Å². The fourth-order valence-corrected chi connectivity index (χ4v) is 6.97. The van der Waals surface area contributed by atoms with E-state index in [2.05, 4.69) is 165 Å². The van der Waals surface area contributed by atoms with Crippen LogP contribution in [0.3, 0.4) is 0 Å². The highest BCUT2D eigenvalue weighted by molar-refractivity contribution is 9.10. The normalized spacial score (nSPS) is 10.9. The van der Waals surface area contributed by atoms with Crippen molar-refractivity contribution >= 4 is 31.9 Å². The van der Waals surface area contributed by atoms with Gasteiger partial charge in [-0.25, -0.2) is 0 Å². The van der Waals surface area contributed by atoms with Crippen LogP contribution in [0.4, 0.5) is 0 Å². The van der Waals surface area contributed by atoms with Crippen LogP contribution in [0.15, 0.2) is 167 Å². The van der Waals surface area contributed by atoms with Gasteiger partial charge in [-0.15, -0.1) is 0 Å². The summed E-state index contributed by atoms with van der Waals surface area (Å²) in [6.45, 7) is 0. The van der Waals surface area contributed by atoms with E-state index >= 15 is 0 Å². The van der Waals surface area contributed by atoms with Crippen molar-refractivity contribution in [1.82, 2.24) is 0 Å². The zero-order valence-electron chi connectivity index (χ0n) is 26.6. The third-order valence-electron chi connectivity index (χ3n) is 8.65. The molecule has 48 heavy (non-hydrogen) atoms. The van der Waals surface area contributed by atoms with Crippen LogP contribution in [-0.2, 0) is 0 Å². The van der Waals surface area contributed by atoms with Crippen molar-refractivity contribution in [3.63, 3.8) is 0 Å². The highest BCUT2D eigenvalue weighted by Gasteiger charge is 2.29. The van der Waals surface area contributed by atoms with Crippen molar-refractivity contribution in [2.24, 2.45) is 0 Å². The van der Waals surface area contributed by atoms with Gasteiger partial charge in [0.05, 0.1) is 14.2 Å². The minimum atomic E-state index is 0.814. The predicted molar refractivity (Wildman–Crippen MR) is 208 cm³/mol. The fourth-order valence-electron chi connectivity index (χ4n) is 6.44. The Labute approximate surface area is 298 Å². The summed E-state index contributed by atoms with van der Waals surface area (Å²) in [5, 5.41) is 0. The van der Waals surface area contributed by atoms with E-state index in [0.29, 0.717) is 0 Å². The number of hydrogen-bond acceptors (Lipinski definition) is 2. The van der Waals surface area contributed by atoms with Crippen LogP contribution in [0.5, 0.6) is 11.5 Å². The van der Waals surface area contributed by atoms with Crippen LogP contribution >= 0.6 is 31.9 Å². The average Bonchev–Trinajstić information content (AvgIpc) is 3.15. The quantitative estimate of drug-likeness (QED) is 0.154. The first-order valence-electron chi connectivity index (χ1n) is 15.7. The standard InChI is InChI=1S/C44H32Br2O2/c1-47-37-25-17-33(18-26-37)43-39(29-9-5-3-6-10-29)41(31-13-21-35(45)22-14-31)42(32-15-23-36(46)24-16-32)40(30-11-7-4-8-12-30)44(43)34-19-27-38(48-2)28-20-34/h3-28H,1-2H3. The van der Waals surface area contributed by atoms with E-state index in [-0.39, 0.29) is 0 Å². The van der Waals surface area contributed by atoms with Crippen molar-refractivity contribution in [3.8, 4) is 78.3 Å². The highest BCUT2D eigenvalue weighted by atomic mass is 79.9. The second-order valence-electron chi connectivity index (χ2n) is 11.5. The number of benzene rings is 7. The van der Waals surface area contributed by atoms with Gasteiger partial charge in [-0.05, 0) is 115 Å². The fraction of sp³-hybridized carbons (Fsp3) is 0.0455. The Hall–Kier alpha value is -4.90. The van der Waals surface area contributed by atoms with Gasteiger partial charge in [0.15, 0.2) is 0 Å². The van der Waals surface area contributed by atoms with E-state index in [1.165, 1.54) is 0 Å². The minimum Gasteiger partial charge on any atom is -0.497 e. The number of ether oxygens (including phenoxy) is 2. The Kier molecular flexibility index (Phi) is 9.29. The summed E-state index contributed by atoms with van der Waals surface area (Å²) >= 11 is 7.39. The molecule has 0 N–H and O–H groups in total. The molecule has 0 aliphatic carbocycles. The lowest BCUT2D eigenvalue weighted by molar-refractivity contribution is 0.414. The van der Waals surface area contributed by atoms with Crippen LogP contribution in [0.2, 0.25) is 0 Å². The second-order valence-corrected chi connectivity index (χ2v) is 13.3. The predicted octanol–water partition coefficient (Wildman–Crippen LogP) is 13.2. The van der Waals surface area contributed by atoms with Gasteiger partial charge in [0.2, 0.25) is 0 Å². The van der Waals surface area contributed by atoms with E-state index in [0.717, 1.165) is 87.2 Å². The molecule has 0 saturated carbocycles. The topological polar surface area (TPSA) is 18.5 Å². The molecule has 234 valence electrons. The van der Waals surface area contributed by atoms with Gasteiger partial charge in [-0.1, -0.05) is 141 Å². The van der Waals surface area contributed by atoms with Gasteiger partial charge in [-0.2, -0.15) is 0 Å². The van der Waals surface area contributed by atoms with Crippen molar-refractivity contribution in [1.29, 1.82) is 0 Å². The smallest absolute Gasteiger partial charge is 0.118 e. The first-order chi connectivity index (χ1) is 23.6. The largest absolute Gasteiger partial charge is 0.497 e. The van der Waals surface area contributed by atoms with Crippen LogP contribution in [0, 0.1) is 0 Å². The Bertz CT molecular complexity index is 2000. The molecule has 0 aliphatic rings. The van der Waals surface area contributed by atoms with Crippen LogP contribution < -0.4 is 9.47 Å². The zero-order chi connectivity index (χ0) is 33.0. The van der Waals surface area contributed by atoms with E-state index in [9.17, 15) is 0 Å². The molecule has 0 spiro atoms. The Morgan fingerprint density at radius 1 is 0.292 bits per heavy atom. The highest BCUT2D eigenvalue weighted by Crippen LogP contribution is 2.56. The lowest BCUT2D eigenvalue weighted by Crippen LogP contribution is -2.02. The zero-order valence-corrected chi connectivity index (χ0v) is 29.8. The van der Waals surface area contributed by atoms with Gasteiger partial charge in [0.1, 0.15) is 11.5 Å². The number of halogens is 2. The monoisotopic (exact) mass is 750 g/mol. The molecule has 7 aromatic carbocycles. The van der Waals surface area contributed by atoms with Gasteiger partial charge >= 0.3 is 0 Å². The third kappa shape index (κ3) is 6.22. The Morgan fingerprint density at radius 2 is 0.521 bits per heavy atom. The SMILES string of the molecule is COc1ccc(-c2c(-c3ccccc3)c(-c3ccc(Br)cc3)c(-c3ccc(Br)cc3)c(-c3ccccc3)c2-c2ccc(OC)cc2)cc1. The van der Waals surface area contributed by atoms with E-state index in [1.807, 2.05) is 24.3 Å². The maximum atomic E-state index is 5.62. The molecule has 0 heterocycles. The summed E-state index contributed by atoms with van der Waals surface area (Å²) in [5.41, 5.74) is 13.7. The molecule has 0 fully saturated rings. The molecule has 0 atom stereocenters. The Morgan fingerprint density at radius 3 is 0.771 bits per heavy atom. The van der Waals surface area contributed by atoms with Crippen LogP contribution in [0.1, 0.15) is 0 Å². The summed E-state index contributed by atoms with van der Waals surface area (Å²) in [7, 11) is 3.42. The summed E-state index contributed by atoms with van der Waals surface area (Å²) in [6.07, 6.45) is 0. The van der Waals surface area contributed by atoms with Crippen LogP contribution in [-0.4, -0.2) is 14.2 Å². The summed E-state index contributed by atoms with van der Waals surface area (Å²) in [6, 6.07) is 55.8. The number of hydrogen-bond donors (Lipinski definition) is 0. The maximum Gasteiger partial charge on any atom is 0.118 e. The molecule has 0 saturated heterocycles. The minimum absolute atomic E-state index is 0.814. The molecule has 0 aromatic heterocycles. The molecule has 0 unspecified atom stereocenters. The molecule has 7 rings (SSSR count). The molecule has 4 heteroatoms. The van der Waals surface area contributed by atoms with E-state index in [4.69, 9.17) is 9.47 Å². The molecule has 0 aliphatic heterocycles. The molecule has 0 bridgehead atoms. The number of rotatable bonds is 8. The van der Waals surface area contributed by atoms with Crippen molar-refractivity contribution in [2.45, 2.75) is 0 Å². The maximum absolute atomic E-state index is 5.62. The average molecular weight is 753 g/mol. The molecule has 7 aromatic rings. The third-order valence-corrected chi connectivity index (χ3v) is 9.71. The van der Waals surface area contributed by atoms with Crippen LogP contribution in [0.25, 0.3) is 66.8 Å².